The second-order valence-corrected chi connectivity index (χ2v) is 10.6. The van der Waals surface area contributed by atoms with Crippen molar-refractivity contribution in [1.29, 1.82) is 0 Å². The van der Waals surface area contributed by atoms with E-state index in [0.717, 1.165) is 27.6 Å². The summed E-state index contributed by atoms with van der Waals surface area (Å²) < 4.78 is 16.1. The number of fused-ring (bicyclic) bond motifs is 1. The predicted octanol–water partition coefficient (Wildman–Crippen LogP) is 5.93. The number of thiazole rings is 1. The third kappa shape index (κ3) is 5.79. The van der Waals surface area contributed by atoms with Crippen LogP contribution in [0.5, 0.6) is 17.2 Å². The van der Waals surface area contributed by atoms with Crippen molar-refractivity contribution < 1.29 is 23.8 Å². The summed E-state index contributed by atoms with van der Waals surface area (Å²) in [7, 11) is 1.63. The Morgan fingerprint density at radius 3 is 2.52 bits per heavy atom. The van der Waals surface area contributed by atoms with Crippen LogP contribution in [0.1, 0.15) is 30.8 Å². The van der Waals surface area contributed by atoms with Gasteiger partial charge in [-0.1, -0.05) is 37.3 Å². The van der Waals surface area contributed by atoms with Crippen LogP contribution in [0.3, 0.4) is 0 Å². The Morgan fingerprint density at radius 2 is 1.80 bits per heavy atom. The van der Waals surface area contributed by atoms with Crippen molar-refractivity contribution in [2.75, 3.05) is 19.2 Å². The molecule has 4 aromatic rings. The monoisotopic (exact) mass is 557 g/mol. The van der Waals surface area contributed by atoms with Gasteiger partial charge in [0.15, 0.2) is 11.5 Å². The first-order valence-electron chi connectivity index (χ1n) is 13.0. The van der Waals surface area contributed by atoms with Gasteiger partial charge in [0.05, 0.1) is 25.8 Å². The standard InChI is InChI=1S/C31H31N3O5S/c1-4-31(2,30(36)32-23-12-15-26-27(17-23)39-20-38-26)34(29(35)16-21-8-6-5-7-9-21)18-28-33-25(19-40-28)22-10-13-24(37-3)14-11-22/h5-15,17,19H,4,16,18,20H2,1-3H3,(H,32,36). The minimum absolute atomic E-state index is 0.146. The van der Waals surface area contributed by atoms with Gasteiger partial charge in [0.25, 0.3) is 0 Å². The van der Waals surface area contributed by atoms with Crippen LogP contribution < -0.4 is 19.5 Å². The minimum atomic E-state index is -1.14. The lowest BCUT2D eigenvalue weighted by atomic mass is 9.93. The van der Waals surface area contributed by atoms with Gasteiger partial charge in [0.1, 0.15) is 16.3 Å². The molecule has 0 fully saturated rings. The Bertz CT molecular complexity index is 1490. The van der Waals surface area contributed by atoms with Crippen molar-refractivity contribution in [3.8, 4) is 28.5 Å². The summed E-state index contributed by atoms with van der Waals surface area (Å²) in [5.74, 6) is 1.53. The second-order valence-electron chi connectivity index (χ2n) is 9.65. The van der Waals surface area contributed by atoms with Gasteiger partial charge in [-0.3, -0.25) is 9.59 Å². The summed E-state index contributed by atoms with van der Waals surface area (Å²) >= 11 is 1.46. The number of amides is 2. The normalized spacial score (nSPS) is 13.4. The molecule has 1 aliphatic rings. The van der Waals surface area contributed by atoms with Crippen LogP contribution in [0.15, 0.2) is 78.2 Å². The number of carbonyl (C=O) groups excluding carboxylic acids is 2. The molecule has 206 valence electrons. The van der Waals surface area contributed by atoms with Crippen molar-refractivity contribution in [3.63, 3.8) is 0 Å². The van der Waals surface area contributed by atoms with E-state index >= 15 is 0 Å². The van der Waals surface area contributed by atoms with Gasteiger partial charge < -0.3 is 24.4 Å². The van der Waals surface area contributed by atoms with Crippen molar-refractivity contribution in [3.05, 3.63) is 88.7 Å². The predicted molar refractivity (Wildman–Crippen MR) is 155 cm³/mol. The molecule has 8 nitrogen and oxygen atoms in total. The number of anilines is 1. The molecule has 0 saturated heterocycles. The fourth-order valence-corrected chi connectivity index (χ4v) is 5.32. The van der Waals surface area contributed by atoms with Gasteiger partial charge in [-0.2, -0.15) is 0 Å². The molecule has 2 amide bonds. The van der Waals surface area contributed by atoms with Crippen LogP contribution >= 0.6 is 11.3 Å². The molecule has 0 radical (unpaired) electrons. The van der Waals surface area contributed by atoms with Crippen LogP contribution in [0.4, 0.5) is 5.69 Å². The van der Waals surface area contributed by atoms with Gasteiger partial charge in [-0.05, 0) is 55.3 Å². The fourth-order valence-electron chi connectivity index (χ4n) is 4.53. The number of hydrogen-bond donors (Lipinski definition) is 1. The van der Waals surface area contributed by atoms with E-state index in [1.54, 1.807) is 37.1 Å². The maximum atomic E-state index is 13.9. The Balaban J connectivity index is 1.42. The minimum Gasteiger partial charge on any atom is -0.497 e. The Morgan fingerprint density at radius 1 is 1.05 bits per heavy atom. The highest BCUT2D eigenvalue weighted by Crippen LogP contribution is 2.35. The van der Waals surface area contributed by atoms with E-state index in [1.165, 1.54) is 11.3 Å². The molecule has 0 bridgehead atoms. The zero-order valence-electron chi connectivity index (χ0n) is 22.7. The quantitative estimate of drug-likeness (QED) is 0.260. The number of hydrogen-bond acceptors (Lipinski definition) is 7. The first-order chi connectivity index (χ1) is 19.4. The van der Waals surface area contributed by atoms with E-state index < -0.39 is 5.54 Å². The summed E-state index contributed by atoms with van der Waals surface area (Å²) in [6, 6.07) is 22.5. The van der Waals surface area contributed by atoms with Gasteiger partial charge in [-0.25, -0.2) is 4.98 Å². The van der Waals surface area contributed by atoms with Crippen molar-refractivity contribution in [2.24, 2.45) is 0 Å². The van der Waals surface area contributed by atoms with Crippen molar-refractivity contribution in [2.45, 2.75) is 38.8 Å². The lowest BCUT2D eigenvalue weighted by molar-refractivity contribution is -0.145. The number of rotatable bonds is 10. The molecule has 1 aromatic heterocycles. The number of nitrogens with one attached hydrogen (secondary N) is 1. The number of aromatic nitrogens is 1. The SMILES string of the molecule is CCC(C)(C(=O)Nc1ccc2c(c1)OCO2)N(Cc1nc(-c2ccc(OC)cc2)cs1)C(=O)Cc1ccccc1. The zero-order chi connectivity index (χ0) is 28.1. The van der Waals surface area contributed by atoms with Gasteiger partial charge in [-0.15, -0.1) is 11.3 Å². The number of ether oxygens (including phenoxy) is 3. The highest BCUT2D eigenvalue weighted by Gasteiger charge is 2.41. The number of methoxy groups -OCH3 is 1. The molecular weight excluding hydrogens is 526 g/mol. The summed E-state index contributed by atoms with van der Waals surface area (Å²) in [4.78, 5) is 34.2. The molecule has 1 atom stereocenters. The number of carbonyl (C=O) groups is 2. The second kappa shape index (κ2) is 11.8. The van der Waals surface area contributed by atoms with Gasteiger partial charge >= 0.3 is 0 Å². The summed E-state index contributed by atoms with van der Waals surface area (Å²) in [6.07, 6.45) is 0.574. The van der Waals surface area contributed by atoms with E-state index in [1.807, 2.05) is 66.9 Å². The smallest absolute Gasteiger partial charge is 0.250 e. The van der Waals surface area contributed by atoms with E-state index in [9.17, 15) is 9.59 Å². The highest BCUT2D eigenvalue weighted by atomic mass is 32.1. The van der Waals surface area contributed by atoms with Crippen molar-refractivity contribution >= 4 is 28.8 Å². The van der Waals surface area contributed by atoms with Crippen LogP contribution in [0.2, 0.25) is 0 Å². The van der Waals surface area contributed by atoms with E-state index in [4.69, 9.17) is 19.2 Å². The van der Waals surface area contributed by atoms with Gasteiger partial charge in [0.2, 0.25) is 18.6 Å². The molecule has 5 rings (SSSR count). The first-order valence-corrected chi connectivity index (χ1v) is 13.9. The molecule has 3 aromatic carbocycles. The van der Waals surface area contributed by atoms with Gasteiger partial charge in [0, 0.05) is 22.7 Å². The Kier molecular flexibility index (Phi) is 8.02. The van der Waals surface area contributed by atoms with Crippen molar-refractivity contribution in [1.82, 2.24) is 9.88 Å². The average Bonchev–Trinajstić information content (AvgIpc) is 3.65. The van der Waals surface area contributed by atoms with Crippen LogP contribution in [-0.4, -0.2) is 41.1 Å². The van der Waals surface area contributed by atoms with E-state index in [2.05, 4.69) is 5.32 Å². The topological polar surface area (TPSA) is 90.0 Å². The average molecular weight is 558 g/mol. The van der Waals surface area contributed by atoms with Crippen LogP contribution in [0.25, 0.3) is 11.3 Å². The third-order valence-corrected chi connectivity index (χ3v) is 7.97. The first kappa shape index (κ1) is 27.2. The molecule has 1 aliphatic heterocycles. The Labute approximate surface area is 237 Å². The number of nitrogens with zero attached hydrogens (tertiary/aromatic N) is 2. The molecule has 1 unspecified atom stereocenters. The maximum absolute atomic E-state index is 13.9. The summed E-state index contributed by atoms with van der Waals surface area (Å²) in [5, 5.41) is 5.70. The lowest BCUT2D eigenvalue weighted by Crippen LogP contribution is -2.56. The fraction of sp³-hybridized carbons (Fsp3) is 0.258. The summed E-state index contributed by atoms with van der Waals surface area (Å²) in [6.45, 7) is 4.06. The molecule has 0 saturated carbocycles. The zero-order valence-corrected chi connectivity index (χ0v) is 23.5. The molecule has 40 heavy (non-hydrogen) atoms. The Hall–Kier alpha value is -4.37. The van der Waals surface area contributed by atoms with E-state index in [0.29, 0.717) is 23.6 Å². The van der Waals surface area contributed by atoms with Crippen LogP contribution in [-0.2, 0) is 22.6 Å². The maximum Gasteiger partial charge on any atom is 0.250 e. The lowest BCUT2D eigenvalue weighted by Gasteiger charge is -2.39. The highest BCUT2D eigenvalue weighted by molar-refractivity contribution is 7.09. The van der Waals surface area contributed by atoms with E-state index in [-0.39, 0.29) is 31.6 Å². The molecule has 1 N–H and O–H groups in total. The molecule has 2 heterocycles. The summed E-state index contributed by atoms with van der Waals surface area (Å²) in [5.41, 5.74) is 2.06. The molecule has 0 spiro atoms. The molecule has 0 aliphatic carbocycles. The largest absolute Gasteiger partial charge is 0.497 e. The van der Waals surface area contributed by atoms with Crippen LogP contribution in [0, 0.1) is 0 Å². The molecular formula is C31H31N3O5S. The third-order valence-electron chi connectivity index (χ3n) is 7.13. The molecule has 9 heteroatoms. The number of benzene rings is 3.